The number of carbonyl (C=O) groups excluding carboxylic acids is 1. The molecule has 0 saturated heterocycles. The second-order valence-electron chi connectivity index (χ2n) is 5.17. The summed E-state index contributed by atoms with van der Waals surface area (Å²) in [5, 5.41) is 0. The van der Waals surface area contributed by atoms with Crippen LogP contribution in [-0.4, -0.2) is 47.5 Å². The van der Waals surface area contributed by atoms with Crippen LogP contribution in [0.15, 0.2) is 41.7 Å². The standard InChI is InChI=1S/C16H22N2O2S/c1-12-13(2)18(4)16(17(12)3)21-11-14(19)10-20-15-8-6-5-7-9-15/h5-9,16H,10-11H2,1-4H3. The van der Waals surface area contributed by atoms with Crippen LogP contribution < -0.4 is 4.74 Å². The summed E-state index contributed by atoms with van der Waals surface area (Å²) >= 11 is 1.63. The monoisotopic (exact) mass is 306 g/mol. The fourth-order valence-corrected chi connectivity index (χ4v) is 3.40. The molecule has 1 heterocycles. The number of hydrogen-bond acceptors (Lipinski definition) is 5. The molecule has 1 aromatic carbocycles. The largest absolute Gasteiger partial charge is 0.486 e. The van der Waals surface area contributed by atoms with Gasteiger partial charge < -0.3 is 14.5 Å². The number of para-hydroxylation sites is 1. The van der Waals surface area contributed by atoms with Crippen molar-refractivity contribution in [2.24, 2.45) is 0 Å². The van der Waals surface area contributed by atoms with Gasteiger partial charge in [-0.1, -0.05) is 18.2 Å². The van der Waals surface area contributed by atoms with Crippen molar-refractivity contribution < 1.29 is 9.53 Å². The van der Waals surface area contributed by atoms with Gasteiger partial charge in [0.25, 0.3) is 0 Å². The van der Waals surface area contributed by atoms with E-state index in [1.807, 2.05) is 30.3 Å². The van der Waals surface area contributed by atoms with Crippen LogP contribution in [0, 0.1) is 0 Å². The highest BCUT2D eigenvalue weighted by Gasteiger charge is 2.29. The molecule has 0 atom stereocenters. The molecular formula is C16H22N2O2S. The lowest BCUT2D eigenvalue weighted by molar-refractivity contribution is -0.118. The SMILES string of the molecule is CC1=C(C)N(C)C(SCC(=O)COc2ccccc2)N1C. The highest BCUT2D eigenvalue weighted by atomic mass is 32.2. The normalized spacial score (nSPS) is 15.8. The van der Waals surface area contributed by atoms with Gasteiger partial charge in [0.1, 0.15) is 17.9 Å². The molecule has 0 fully saturated rings. The second-order valence-corrected chi connectivity index (χ2v) is 6.21. The predicted octanol–water partition coefficient (Wildman–Crippen LogP) is 2.78. The van der Waals surface area contributed by atoms with Gasteiger partial charge in [0, 0.05) is 25.5 Å². The molecule has 0 aromatic heterocycles. The van der Waals surface area contributed by atoms with E-state index in [9.17, 15) is 4.79 Å². The van der Waals surface area contributed by atoms with Crippen molar-refractivity contribution in [3.63, 3.8) is 0 Å². The van der Waals surface area contributed by atoms with Gasteiger partial charge >= 0.3 is 0 Å². The molecular weight excluding hydrogens is 284 g/mol. The summed E-state index contributed by atoms with van der Waals surface area (Å²) in [6.45, 7) is 4.34. The van der Waals surface area contributed by atoms with Gasteiger partial charge in [0.05, 0.1) is 5.75 Å². The fraction of sp³-hybridized carbons (Fsp3) is 0.438. The number of ketones is 1. The van der Waals surface area contributed by atoms with E-state index in [-0.39, 0.29) is 17.9 Å². The van der Waals surface area contributed by atoms with Gasteiger partial charge in [-0.05, 0) is 26.0 Å². The Balaban J connectivity index is 1.77. The first kappa shape index (κ1) is 15.8. The van der Waals surface area contributed by atoms with Crippen LogP contribution in [0.5, 0.6) is 5.75 Å². The van der Waals surface area contributed by atoms with E-state index in [1.165, 1.54) is 11.4 Å². The molecule has 114 valence electrons. The third-order valence-electron chi connectivity index (χ3n) is 3.78. The Kier molecular flexibility index (Phi) is 5.17. The number of Topliss-reactive ketones (excluding diaryl/α,β-unsaturated/α-hetero) is 1. The van der Waals surface area contributed by atoms with Gasteiger partial charge in [-0.3, -0.25) is 4.79 Å². The number of carbonyl (C=O) groups is 1. The fourth-order valence-electron chi connectivity index (χ4n) is 2.21. The third-order valence-corrected chi connectivity index (χ3v) is 5.20. The molecule has 1 aromatic rings. The molecule has 0 aliphatic carbocycles. The Hall–Kier alpha value is -1.62. The molecule has 2 rings (SSSR count). The quantitative estimate of drug-likeness (QED) is 0.807. The Morgan fingerprint density at radius 3 is 2.29 bits per heavy atom. The van der Waals surface area contributed by atoms with Gasteiger partial charge in [0.15, 0.2) is 5.78 Å². The topological polar surface area (TPSA) is 32.8 Å². The minimum atomic E-state index is 0.104. The van der Waals surface area contributed by atoms with Crippen LogP contribution in [0.2, 0.25) is 0 Å². The predicted molar refractivity (Wildman–Crippen MR) is 87.1 cm³/mol. The molecule has 0 N–H and O–H groups in total. The molecule has 4 nitrogen and oxygen atoms in total. The van der Waals surface area contributed by atoms with Crippen LogP contribution >= 0.6 is 11.8 Å². The number of rotatable bonds is 6. The van der Waals surface area contributed by atoms with E-state index in [2.05, 4.69) is 37.7 Å². The lowest BCUT2D eigenvalue weighted by atomic mass is 10.3. The van der Waals surface area contributed by atoms with Crippen LogP contribution in [0.4, 0.5) is 0 Å². The average molecular weight is 306 g/mol. The van der Waals surface area contributed by atoms with E-state index in [4.69, 9.17) is 4.74 Å². The van der Waals surface area contributed by atoms with Crippen molar-refractivity contribution in [2.75, 3.05) is 26.5 Å². The van der Waals surface area contributed by atoms with Gasteiger partial charge in [-0.2, -0.15) is 0 Å². The number of benzene rings is 1. The van der Waals surface area contributed by atoms with Crippen LogP contribution in [0.3, 0.4) is 0 Å². The van der Waals surface area contributed by atoms with Crippen molar-refractivity contribution in [2.45, 2.75) is 19.3 Å². The Morgan fingerprint density at radius 1 is 1.14 bits per heavy atom. The number of thioether (sulfide) groups is 1. The van der Waals surface area contributed by atoms with E-state index in [0.29, 0.717) is 5.75 Å². The molecule has 5 heteroatoms. The average Bonchev–Trinajstić information content (AvgIpc) is 2.68. The summed E-state index contributed by atoms with van der Waals surface area (Å²) < 4.78 is 5.48. The summed E-state index contributed by atoms with van der Waals surface area (Å²) in [5.74, 6) is 1.29. The molecule has 21 heavy (non-hydrogen) atoms. The molecule has 0 amide bonds. The summed E-state index contributed by atoms with van der Waals surface area (Å²) in [5.41, 5.74) is 2.69. The smallest absolute Gasteiger partial charge is 0.180 e. The minimum absolute atomic E-state index is 0.104. The maximum absolute atomic E-state index is 12.0. The second kappa shape index (κ2) is 6.89. The van der Waals surface area contributed by atoms with Crippen molar-refractivity contribution in [1.82, 2.24) is 9.80 Å². The third kappa shape index (κ3) is 3.73. The van der Waals surface area contributed by atoms with Crippen molar-refractivity contribution in [1.29, 1.82) is 0 Å². The molecule has 0 saturated carbocycles. The zero-order valence-corrected chi connectivity index (χ0v) is 13.8. The van der Waals surface area contributed by atoms with Crippen LogP contribution in [0.25, 0.3) is 0 Å². The highest BCUT2D eigenvalue weighted by molar-refractivity contribution is 8.00. The molecule has 1 aliphatic heterocycles. The Morgan fingerprint density at radius 2 is 1.71 bits per heavy atom. The highest BCUT2D eigenvalue weighted by Crippen LogP contribution is 2.32. The van der Waals surface area contributed by atoms with Crippen LogP contribution in [0.1, 0.15) is 13.8 Å². The first-order chi connectivity index (χ1) is 10.0. The van der Waals surface area contributed by atoms with Crippen LogP contribution in [-0.2, 0) is 4.79 Å². The summed E-state index contributed by atoms with van der Waals surface area (Å²) in [6, 6.07) is 9.43. The summed E-state index contributed by atoms with van der Waals surface area (Å²) in [6.07, 6.45) is 0. The van der Waals surface area contributed by atoms with E-state index in [0.717, 1.165) is 5.75 Å². The van der Waals surface area contributed by atoms with Gasteiger partial charge in [-0.15, -0.1) is 11.8 Å². The van der Waals surface area contributed by atoms with E-state index in [1.54, 1.807) is 11.8 Å². The number of nitrogens with zero attached hydrogens (tertiary/aromatic N) is 2. The zero-order valence-electron chi connectivity index (χ0n) is 13.0. The first-order valence-corrected chi connectivity index (χ1v) is 8.00. The summed E-state index contributed by atoms with van der Waals surface area (Å²) in [7, 11) is 4.12. The molecule has 0 radical (unpaired) electrons. The minimum Gasteiger partial charge on any atom is -0.486 e. The maximum atomic E-state index is 12.0. The molecule has 0 unspecified atom stereocenters. The maximum Gasteiger partial charge on any atom is 0.180 e. The first-order valence-electron chi connectivity index (χ1n) is 6.95. The molecule has 0 spiro atoms. The lowest BCUT2D eigenvalue weighted by Crippen LogP contribution is -2.34. The Bertz CT molecular complexity index is 512. The van der Waals surface area contributed by atoms with Crippen molar-refractivity contribution in [3.8, 4) is 5.75 Å². The summed E-state index contributed by atoms with van der Waals surface area (Å²) in [4.78, 5) is 16.4. The molecule has 0 bridgehead atoms. The van der Waals surface area contributed by atoms with Gasteiger partial charge in [-0.25, -0.2) is 0 Å². The van der Waals surface area contributed by atoms with Crippen molar-refractivity contribution >= 4 is 17.5 Å². The van der Waals surface area contributed by atoms with Gasteiger partial charge in [0.2, 0.25) is 0 Å². The number of hydrogen-bond donors (Lipinski definition) is 0. The lowest BCUT2D eigenvalue weighted by Gasteiger charge is -2.28. The van der Waals surface area contributed by atoms with Crippen molar-refractivity contribution in [3.05, 3.63) is 41.7 Å². The number of ether oxygens (including phenoxy) is 1. The zero-order chi connectivity index (χ0) is 15.4. The number of allylic oxidation sites excluding steroid dienone is 2. The van der Waals surface area contributed by atoms with E-state index < -0.39 is 0 Å². The van der Waals surface area contributed by atoms with E-state index >= 15 is 0 Å². The molecule has 1 aliphatic rings. The Labute approximate surface area is 130 Å².